The van der Waals surface area contributed by atoms with E-state index in [-0.39, 0.29) is 12.9 Å². The van der Waals surface area contributed by atoms with Crippen molar-refractivity contribution < 1.29 is 14.6 Å². The number of allylic oxidation sites excluding steroid dienone is 2. The predicted octanol–water partition coefficient (Wildman–Crippen LogP) is 3.19. The fourth-order valence-corrected chi connectivity index (χ4v) is 1.93. The van der Waals surface area contributed by atoms with Crippen molar-refractivity contribution in [1.82, 2.24) is 0 Å². The minimum absolute atomic E-state index is 0.00174. The van der Waals surface area contributed by atoms with E-state index < -0.39 is 0 Å². The van der Waals surface area contributed by atoms with Crippen LogP contribution < -0.4 is 0 Å². The highest BCUT2D eigenvalue weighted by atomic mass is 16.7. The van der Waals surface area contributed by atoms with E-state index in [4.69, 9.17) is 14.6 Å². The SMILES string of the molecule is C/C(=C/CC/C(C)=C/CO)COC1CCCCO1. The van der Waals surface area contributed by atoms with Gasteiger partial charge < -0.3 is 14.6 Å². The molecule has 1 N–H and O–H groups in total. The lowest BCUT2D eigenvalue weighted by Crippen LogP contribution is -2.22. The molecule has 3 heteroatoms. The molecule has 1 aliphatic rings. The summed E-state index contributed by atoms with van der Waals surface area (Å²) in [5.41, 5.74) is 2.49. The molecule has 0 amide bonds. The number of ether oxygens (including phenoxy) is 2. The molecule has 0 aliphatic carbocycles. The lowest BCUT2D eigenvalue weighted by Gasteiger charge is -2.22. The third kappa shape index (κ3) is 6.94. The van der Waals surface area contributed by atoms with Crippen LogP contribution in [0, 0.1) is 0 Å². The smallest absolute Gasteiger partial charge is 0.158 e. The Labute approximate surface area is 110 Å². The number of rotatable bonds is 7. The molecule has 1 atom stereocenters. The van der Waals surface area contributed by atoms with Gasteiger partial charge in [-0.15, -0.1) is 0 Å². The summed E-state index contributed by atoms with van der Waals surface area (Å²) in [4.78, 5) is 0. The first kappa shape index (κ1) is 15.4. The fraction of sp³-hybridized carbons (Fsp3) is 0.733. The van der Waals surface area contributed by atoms with Crippen molar-refractivity contribution in [1.29, 1.82) is 0 Å². The van der Waals surface area contributed by atoms with Gasteiger partial charge in [0.1, 0.15) is 0 Å². The van der Waals surface area contributed by atoms with E-state index in [9.17, 15) is 0 Å². The third-order valence-corrected chi connectivity index (χ3v) is 3.11. The molecule has 0 saturated carbocycles. The maximum atomic E-state index is 8.75. The van der Waals surface area contributed by atoms with Crippen LogP contribution in [0.25, 0.3) is 0 Å². The summed E-state index contributed by atoms with van der Waals surface area (Å²) in [5.74, 6) is 0. The Morgan fingerprint density at radius 2 is 2.11 bits per heavy atom. The van der Waals surface area contributed by atoms with Crippen LogP contribution in [0.4, 0.5) is 0 Å². The highest BCUT2D eigenvalue weighted by Crippen LogP contribution is 2.15. The van der Waals surface area contributed by atoms with Crippen molar-refractivity contribution in [2.75, 3.05) is 19.8 Å². The van der Waals surface area contributed by atoms with Crippen LogP contribution in [0.15, 0.2) is 23.3 Å². The van der Waals surface area contributed by atoms with Gasteiger partial charge in [0.15, 0.2) is 6.29 Å². The molecule has 1 unspecified atom stereocenters. The Bertz CT molecular complexity index is 275. The summed E-state index contributed by atoms with van der Waals surface area (Å²) in [6, 6.07) is 0. The zero-order valence-corrected chi connectivity index (χ0v) is 11.7. The summed E-state index contributed by atoms with van der Waals surface area (Å²) in [7, 11) is 0. The van der Waals surface area contributed by atoms with E-state index in [1.807, 2.05) is 13.0 Å². The van der Waals surface area contributed by atoms with Crippen molar-refractivity contribution in [2.45, 2.75) is 52.2 Å². The van der Waals surface area contributed by atoms with Gasteiger partial charge in [-0.3, -0.25) is 0 Å². The Hall–Kier alpha value is -0.640. The lowest BCUT2D eigenvalue weighted by atomic mass is 10.1. The molecule has 1 fully saturated rings. The van der Waals surface area contributed by atoms with Crippen LogP contribution >= 0.6 is 0 Å². The zero-order chi connectivity index (χ0) is 13.2. The summed E-state index contributed by atoms with van der Waals surface area (Å²) >= 11 is 0. The Morgan fingerprint density at radius 3 is 2.78 bits per heavy atom. The molecule has 0 aromatic carbocycles. The number of hydrogen-bond acceptors (Lipinski definition) is 3. The Balaban J connectivity index is 2.14. The molecule has 1 heterocycles. The molecular formula is C15H26O3. The summed E-state index contributed by atoms with van der Waals surface area (Å²) < 4.78 is 11.2. The Kier molecular flexibility index (Phi) is 7.98. The maximum absolute atomic E-state index is 8.75. The predicted molar refractivity (Wildman–Crippen MR) is 73.4 cm³/mol. The largest absolute Gasteiger partial charge is 0.392 e. The fourth-order valence-electron chi connectivity index (χ4n) is 1.93. The van der Waals surface area contributed by atoms with Gasteiger partial charge in [-0.2, -0.15) is 0 Å². The van der Waals surface area contributed by atoms with Crippen molar-refractivity contribution in [3.8, 4) is 0 Å². The van der Waals surface area contributed by atoms with Gasteiger partial charge in [0, 0.05) is 6.61 Å². The molecule has 1 aliphatic heterocycles. The average Bonchev–Trinajstić information content (AvgIpc) is 2.38. The minimum Gasteiger partial charge on any atom is -0.392 e. The maximum Gasteiger partial charge on any atom is 0.158 e. The molecule has 0 aromatic rings. The number of aliphatic hydroxyl groups excluding tert-OH is 1. The highest BCUT2D eigenvalue weighted by Gasteiger charge is 2.13. The van der Waals surface area contributed by atoms with Crippen molar-refractivity contribution in [2.24, 2.45) is 0 Å². The van der Waals surface area contributed by atoms with Crippen LogP contribution in [-0.4, -0.2) is 31.2 Å². The molecule has 0 radical (unpaired) electrons. The van der Waals surface area contributed by atoms with E-state index in [0.717, 1.165) is 32.3 Å². The third-order valence-electron chi connectivity index (χ3n) is 3.11. The van der Waals surface area contributed by atoms with Gasteiger partial charge in [-0.05, 0) is 46.0 Å². The number of hydrogen-bond donors (Lipinski definition) is 1. The standard InChI is InChI=1S/C15H26O3/c1-13(9-10-16)6-5-7-14(2)12-18-15-8-3-4-11-17-15/h7,9,15-16H,3-6,8,10-12H2,1-2H3/b13-9+,14-7-. The molecule has 0 bridgehead atoms. The van der Waals surface area contributed by atoms with Crippen LogP contribution in [0.2, 0.25) is 0 Å². The first-order valence-electron chi connectivity index (χ1n) is 6.87. The highest BCUT2D eigenvalue weighted by molar-refractivity contribution is 5.03. The van der Waals surface area contributed by atoms with Crippen molar-refractivity contribution in [3.05, 3.63) is 23.3 Å². The molecule has 18 heavy (non-hydrogen) atoms. The van der Waals surface area contributed by atoms with Crippen molar-refractivity contribution >= 4 is 0 Å². The second-order valence-electron chi connectivity index (χ2n) is 4.93. The molecule has 1 rings (SSSR count). The lowest BCUT2D eigenvalue weighted by molar-refractivity contribution is -0.156. The van der Waals surface area contributed by atoms with E-state index in [0.29, 0.717) is 6.61 Å². The van der Waals surface area contributed by atoms with E-state index in [1.54, 1.807) is 0 Å². The van der Waals surface area contributed by atoms with Crippen LogP contribution in [0.5, 0.6) is 0 Å². The van der Waals surface area contributed by atoms with Crippen LogP contribution in [-0.2, 0) is 9.47 Å². The monoisotopic (exact) mass is 254 g/mol. The molecule has 104 valence electrons. The van der Waals surface area contributed by atoms with E-state index >= 15 is 0 Å². The summed E-state index contributed by atoms with van der Waals surface area (Å²) in [6.45, 7) is 5.77. The van der Waals surface area contributed by atoms with Gasteiger partial charge >= 0.3 is 0 Å². The second-order valence-corrected chi connectivity index (χ2v) is 4.93. The van der Waals surface area contributed by atoms with Gasteiger partial charge in [0.05, 0.1) is 13.2 Å². The van der Waals surface area contributed by atoms with Crippen LogP contribution in [0.1, 0.15) is 46.0 Å². The van der Waals surface area contributed by atoms with Gasteiger partial charge in [0.25, 0.3) is 0 Å². The quantitative estimate of drug-likeness (QED) is 0.709. The second kappa shape index (κ2) is 9.31. The average molecular weight is 254 g/mol. The summed E-state index contributed by atoms with van der Waals surface area (Å²) in [5, 5.41) is 8.75. The van der Waals surface area contributed by atoms with Crippen molar-refractivity contribution in [3.63, 3.8) is 0 Å². The van der Waals surface area contributed by atoms with E-state index in [1.165, 1.54) is 17.6 Å². The molecular weight excluding hydrogens is 228 g/mol. The normalized spacial score (nSPS) is 22.3. The topological polar surface area (TPSA) is 38.7 Å². The van der Waals surface area contributed by atoms with E-state index in [2.05, 4.69) is 13.0 Å². The van der Waals surface area contributed by atoms with Gasteiger partial charge in [-0.1, -0.05) is 23.3 Å². The van der Waals surface area contributed by atoms with Gasteiger partial charge in [-0.25, -0.2) is 0 Å². The van der Waals surface area contributed by atoms with Crippen LogP contribution in [0.3, 0.4) is 0 Å². The molecule has 0 spiro atoms. The Morgan fingerprint density at radius 1 is 1.28 bits per heavy atom. The molecule has 0 aromatic heterocycles. The number of aliphatic hydroxyl groups is 1. The minimum atomic E-state index is -0.00174. The van der Waals surface area contributed by atoms with Gasteiger partial charge in [0.2, 0.25) is 0 Å². The molecule has 3 nitrogen and oxygen atoms in total. The first-order chi connectivity index (χ1) is 8.72. The zero-order valence-electron chi connectivity index (χ0n) is 11.7. The molecule has 1 saturated heterocycles. The summed E-state index contributed by atoms with van der Waals surface area (Å²) in [6.07, 6.45) is 9.45. The first-order valence-corrected chi connectivity index (χ1v) is 6.87.